The first-order valence-corrected chi connectivity index (χ1v) is 8.03. The van der Waals surface area contributed by atoms with Crippen molar-refractivity contribution in [2.75, 3.05) is 0 Å². The maximum absolute atomic E-state index is 11.8. The lowest BCUT2D eigenvalue weighted by Crippen LogP contribution is -2.41. The van der Waals surface area contributed by atoms with Crippen LogP contribution in [-0.4, -0.2) is 39.4 Å². The molecule has 1 aliphatic rings. The van der Waals surface area contributed by atoms with Crippen molar-refractivity contribution < 1.29 is 9.53 Å². The fourth-order valence-corrected chi connectivity index (χ4v) is 2.90. The van der Waals surface area contributed by atoms with Gasteiger partial charge in [-0.3, -0.25) is 0 Å². The van der Waals surface area contributed by atoms with E-state index in [0.29, 0.717) is 12.1 Å². The lowest BCUT2D eigenvalue weighted by Gasteiger charge is -2.22. The van der Waals surface area contributed by atoms with Crippen LogP contribution in [0.15, 0.2) is 18.7 Å². The van der Waals surface area contributed by atoms with Crippen molar-refractivity contribution >= 4 is 6.09 Å². The fourth-order valence-electron chi connectivity index (χ4n) is 2.90. The van der Waals surface area contributed by atoms with Gasteiger partial charge in [0.2, 0.25) is 0 Å². The van der Waals surface area contributed by atoms with Crippen LogP contribution >= 0.6 is 0 Å². The van der Waals surface area contributed by atoms with E-state index in [4.69, 9.17) is 4.74 Å². The Morgan fingerprint density at radius 2 is 2.14 bits per heavy atom. The molecule has 3 atom stereocenters. The molecule has 3 unspecified atom stereocenters. The Morgan fingerprint density at radius 1 is 1.41 bits per heavy atom. The molecular formula is C16H28N4O2. The summed E-state index contributed by atoms with van der Waals surface area (Å²) in [6.45, 7) is 8.71. The Morgan fingerprint density at radius 3 is 2.77 bits per heavy atom. The van der Waals surface area contributed by atoms with Gasteiger partial charge in [0.15, 0.2) is 0 Å². The van der Waals surface area contributed by atoms with Crippen LogP contribution in [0.4, 0.5) is 4.79 Å². The van der Waals surface area contributed by atoms with Crippen molar-refractivity contribution in [2.45, 2.75) is 77.2 Å². The number of ether oxygens (including phenoxy) is 1. The van der Waals surface area contributed by atoms with Crippen molar-refractivity contribution in [3.05, 3.63) is 18.7 Å². The first-order valence-electron chi connectivity index (χ1n) is 8.03. The third-order valence-corrected chi connectivity index (χ3v) is 3.72. The van der Waals surface area contributed by atoms with Crippen LogP contribution < -0.4 is 10.6 Å². The molecule has 0 saturated heterocycles. The molecule has 1 aliphatic carbocycles. The van der Waals surface area contributed by atoms with Gasteiger partial charge in [0, 0.05) is 37.1 Å². The number of rotatable bonds is 5. The quantitative estimate of drug-likeness (QED) is 0.876. The number of nitrogens with zero attached hydrogens (tertiary/aromatic N) is 2. The lowest BCUT2D eigenvalue weighted by molar-refractivity contribution is 0.0505. The van der Waals surface area contributed by atoms with Crippen molar-refractivity contribution in [2.24, 2.45) is 0 Å². The second kappa shape index (κ2) is 7.13. The molecule has 0 spiro atoms. The largest absolute Gasteiger partial charge is 0.444 e. The zero-order valence-corrected chi connectivity index (χ0v) is 14.0. The molecule has 0 aliphatic heterocycles. The van der Waals surface area contributed by atoms with Crippen LogP contribution in [0, 0.1) is 0 Å². The average Bonchev–Trinajstić information content (AvgIpc) is 2.98. The summed E-state index contributed by atoms with van der Waals surface area (Å²) in [5.41, 5.74) is -0.445. The number of hydrogen-bond donors (Lipinski definition) is 2. The SMILES string of the molecule is CC(Cn1ccnc1)NC1CCC(NC(=O)OC(C)(C)C)C1. The van der Waals surface area contributed by atoms with Gasteiger partial charge >= 0.3 is 6.09 Å². The normalized spacial score (nSPS) is 23.3. The van der Waals surface area contributed by atoms with Gasteiger partial charge in [0.1, 0.15) is 5.60 Å². The minimum Gasteiger partial charge on any atom is -0.444 e. The molecule has 6 nitrogen and oxygen atoms in total. The molecule has 1 aromatic heterocycles. The van der Waals surface area contributed by atoms with Gasteiger partial charge in [-0.2, -0.15) is 0 Å². The number of amides is 1. The highest BCUT2D eigenvalue weighted by Crippen LogP contribution is 2.20. The second-order valence-corrected chi connectivity index (χ2v) is 7.18. The molecule has 1 fully saturated rings. The highest BCUT2D eigenvalue weighted by Gasteiger charge is 2.28. The van der Waals surface area contributed by atoms with E-state index in [2.05, 4.69) is 27.1 Å². The molecule has 0 bridgehead atoms. The van der Waals surface area contributed by atoms with Gasteiger partial charge in [-0.15, -0.1) is 0 Å². The predicted molar refractivity (Wildman–Crippen MR) is 85.6 cm³/mol. The minimum absolute atomic E-state index is 0.202. The van der Waals surface area contributed by atoms with Gasteiger partial charge in [-0.25, -0.2) is 9.78 Å². The maximum atomic E-state index is 11.8. The molecule has 22 heavy (non-hydrogen) atoms. The Labute approximate surface area is 132 Å². The first kappa shape index (κ1) is 16.8. The van der Waals surface area contributed by atoms with Gasteiger partial charge in [-0.05, 0) is 47.0 Å². The van der Waals surface area contributed by atoms with Crippen LogP contribution in [0.5, 0.6) is 0 Å². The zero-order chi connectivity index (χ0) is 16.2. The number of alkyl carbamates (subject to hydrolysis) is 1. The first-order chi connectivity index (χ1) is 10.3. The lowest BCUT2D eigenvalue weighted by atomic mass is 10.2. The van der Waals surface area contributed by atoms with E-state index in [1.807, 2.05) is 33.3 Å². The van der Waals surface area contributed by atoms with Crippen molar-refractivity contribution in [1.29, 1.82) is 0 Å². The summed E-state index contributed by atoms with van der Waals surface area (Å²) >= 11 is 0. The summed E-state index contributed by atoms with van der Waals surface area (Å²) in [5.74, 6) is 0. The molecule has 0 radical (unpaired) electrons. The van der Waals surface area contributed by atoms with E-state index in [1.54, 1.807) is 6.20 Å². The zero-order valence-electron chi connectivity index (χ0n) is 14.0. The van der Waals surface area contributed by atoms with Crippen molar-refractivity contribution in [3.8, 4) is 0 Å². The summed E-state index contributed by atoms with van der Waals surface area (Å²) in [6, 6.07) is 1.02. The second-order valence-electron chi connectivity index (χ2n) is 7.18. The third kappa shape index (κ3) is 5.67. The van der Waals surface area contributed by atoms with E-state index in [0.717, 1.165) is 25.8 Å². The smallest absolute Gasteiger partial charge is 0.407 e. The van der Waals surface area contributed by atoms with Crippen LogP contribution in [0.1, 0.15) is 47.0 Å². The van der Waals surface area contributed by atoms with Crippen LogP contribution in [-0.2, 0) is 11.3 Å². The number of carbonyl (C=O) groups excluding carboxylic acids is 1. The van der Waals surface area contributed by atoms with Gasteiger partial charge in [-0.1, -0.05) is 0 Å². The van der Waals surface area contributed by atoms with E-state index in [-0.39, 0.29) is 12.1 Å². The molecule has 2 N–H and O–H groups in total. The Hall–Kier alpha value is -1.56. The molecule has 0 aromatic carbocycles. The number of aromatic nitrogens is 2. The number of nitrogens with one attached hydrogen (secondary N) is 2. The molecule has 124 valence electrons. The third-order valence-electron chi connectivity index (χ3n) is 3.72. The molecule has 1 aromatic rings. The van der Waals surface area contributed by atoms with E-state index >= 15 is 0 Å². The maximum Gasteiger partial charge on any atom is 0.407 e. The number of imidazole rings is 1. The summed E-state index contributed by atoms with van der Waals surface area (Å²) in [6.07, 6.45) is 8.31. The van der Waals surface area contributed by atoms with E-state index in [9.17, 15) is 4.79 Å². The minimum atomic E-state index is -0.445. The van der Waals surface area contributed by atoms with Gasteiger partial charge in [0.25, 0.3) is 0 Å². The summed E-state index contributed by atoms with van der Waals surface area (Å²) in [5, 5.41) is 6.60. The number of hydrogen-bond acceptors (Lipinski definition) is 4. The summed E-state index contributed by atoms with van der Waals surface area (Å²) in [4.78, 5) is 15.8. The van der Waals surface area contributed by atoms with E-state index < -0.39 is 5.60 Å². The summed E-state index contributed by atoms with van der Waals surface area (Å²) < 4.78 is 7.38. The Balaban J connectivity index is 1.70. The van der Waals surface area contributed by atoms with Crippen LogP contribution in [0.25, 0.3) is 0 Å². The van der Waals surface area contributed by atoms with E-state index in [1.165, 1.54) is 0 Å². The van der Waals surface area contributed by atoms with Crippen molar-refractivity contribution in [3.63, 3.8) is 0 Å². The van der Waals surface area contributed by atoms with Crippen molar-refractivity contribution in [1.82, 2.24) is 20.2 Å². The molecule has 1 amide bonds. The van der Waals surface area contributed by atoms with Gasteiger partial charge in [0.05, 0.1) is 6.33 Å². The molecule has 2 rings (SSSR count). The highest BCUT2D eigenvalue weighted by molar-refractivity contribution is 5.68. The summed E-state index contributed by atoms with van der Waals surface area (Å²) in [7, 11) is 0. The Bertz CT molecular complexity index is 467. The highest BCUT2D eigenvalue weighted by atomic mass is 16.6. The number of carbonyl (C=O) groups is 1. The Kier molecular flexibility index (Phi) is 5.45. The molecule has 6 heteroatoms. The molecular weight excluding hydrogens is 280 g/mol. The predicted octanol–water partition coefficient (Wildman–Crippen LogP) is 2.31. The standard InChI is InChI=1S/C16H28N4O2/c1-12(10-20-8-7-17-11-20)18-13-5-6-14(9-13)19-15(21)22-16(2,3)4/h7-8,11-14,18H,5-6,9-10H2,1-4H3,(H,19,21). The molecule has 1 heterocycles. The topological polar surface area (TPSA) is 68.2 Å². The monoisotopic (exact) mass is 308 g/mol. The molecule has 1 saturated carbocycles. The van der Waals surface area contributed by atoms with Crippen LogP contribution in [0.3, 0.4) is 0 Å². The fraction of sp³-hybridized carbons (Fsp3) is 0.750. The van der Waals surface area contributed by atoms with Crippen LogP contribution in [0.2, 0.25) is 0 Å². The average molecular weight is 308 g/mol. The van der Waals surface area contributed by atoms with Gasteiger partial charge < -0.3 is 19.9 Å².